The van der Waals surface area contributed by atoms with Crippen LogP contribution >= 0.6 is 0 Å². The minimum absolute atomic E-state index is 0.0481. The van der Waals surface area contributed by atoms with E-state index in [0.29, 0.717) is 18.5 Å². The van der Waals surface area contributed by atoms with Gasteiger partial charge in [-0.2, -0.15) is 0 Å². The topological polar surface area (TPSA) is 66.8 Å². The van der Waals surface area contributed by atoms with Crippen LogP contribution in [0.15, 0.2) is 36.4 Å². The Labute approximate surface area is 99.1 Å². The zero-order valence-corrected chi connectivity index (χ0v) is 9.46. The molecule has 0 atom stereocenters. The molecule has 0 bridgehead atoms. The van der Waals surface area contributed by atoms with E-state index in [4.69, 9.17) is 5.11 Å². The Bertz CT molecular complexity index is 494. The van der Waals surface area contributed by atoms with Crippen LogP contribution in [0.4, 0.5) is 0 Å². The molecule has 0 radical (unpaired) electrons. The van der Waals surface area contributed by atoms with Crippen molar-refractivity contribution in [2.75, 3.05) is 6.61 Å². The highest BCUT2D eigenvalue weighted by Gasteiger charge is 2.02. The first kappa shape index (κ1) is 12.8. The largest absolute Gasteiger partial charge is 0.504 e. The van der Waals surface area contributed by atoms with Crippen molar-refractivity contribution in [3.63, 3.8) is 0 Å². The first-order valence-electron chi connectivity index (χ1n) is 5.15. The summed E-state index contributed by atoms with van der Waals surface area (Å²) in [6.07, 6.45) is 0. The Kier molecular flexibility index (Phi) is 4.81. The number of rotatable bonds is 2. The van der Waals surface area contributed by atoms with Crippen molar-refractivity contribution in [1.82, 2.24) is 0 Å². The maximum Gasteiger partial charge on any atom is 0.293 e. The van der Waals surface area contributed by atoms with E-state index in [2.05, 4.69) is 4.74 Å². The lowest BCUT2D eigenvalue weighted by Gasteiger charge is -2.01. The van der Waals surface area contributed by atoms with Gasteiger partial charge in [0.05, 0.1) is 6.61 Å². The van der Waals surface area contributed by atoms with Crippen LogP contribution < -0.4 is 0 Å². The highest BCUT2D eigenvalue weighted by Crippen LogP contribution is 2.32. The monoisotopic (exact) mass is 234 g/mol. The summed E-state index contributed by atoms with van der Waals surface area (Å²) in [5.74, 6) is -0.123. The van der Waals surface area contributed by atoms with E-state index in [1.165, 1.54) is 6.07 Å². The van der Waals surface area contributed by atoms with Gasteiger partial charge in [0.15, 0.2) is 11.5 Å². The maximum absolute atomic E-state index is 9.41. The molecule has 2 rings (SSSR count). The smallest absolute Gasteiger partial charge is 0.293 e. The molecule has 4 nitrogen and oxygen atoms in total. The third-order valence-electron chi connectivity index (χ3n) is 2.11. The second kappa shape index (κ2) is 6.37. The molecule has 2 aromatic rings. The summed E-state index contributed by atoms with van der Waals surface area (Å²) in [6, 6.07) is 10.6. The fourth-order valence-corrected chi connectivity index (χ4v) is 1.31. The Balaban J connectivity index is 0.000000249. The van der Waals surface area contributed by atoms with Gasteiger partial charge < -0.3 is 14.9 Å². The molecule has 0 saturated carbocycles. The van der Waals surface area contributed by atoms with Gasteiger partial charge in [0.2, 0.25) is 0 Å². The molecule has 2 N–H and O–H groups in total. The van der Waals surface area contributed by atoms with Crippen molar-refractivity contribution >= 4 is 17.2 Å². The van der Waals surface area contributed by atoms with Crippen molar-refractivity contribution in [3.05, 3.63) is 36.4 Å². The van der Waals surface area contributed by atoms with Crippen LogP contribution in [0.3, 0.4) is 0 Å². The second-order valence-electron chi connectivity index (χ2n) is 3.21. The van der Waals surface area contributed by atoms with Gasteiger partial charge in [-0.05, 0) is 18.4 Å². The highest BCUT2D eigenvalue weighted by atomic mass is 16.5. The molecule has 0 aliphatic heterocycles. The van der Waals surface area contributed by atoms with Crippen LogP contribution in [-0.2, 0) is 9.53 Å². The predicted octanol–water partition coefficient (Wildman–Crippen LogP) is 2.43. The van der Waals surface area contributed by atoms with Gasteiger partial charge in [-0.1, -0.05) is 30.3 Å². The van der Waals surface area contributed by atoms with Gasteiger partial charge in [0.1, 0.15) is 0 Å². The van der Waals surface area contributed by atoms with E-state index in [0.717, 1.165) is 5.39 Å². The van der Waals surface area contributed by atoms with Gasteiger partial charge in [-0.25, -0.2) is 0 Å². The highest BCUT2D eigenvalue weighted by molar-refractivity contribution is 5.90. The van der Waals surface area contributed by atoms with Crippen LogP contribution in [0.25, 0.3) is 10.8 Å². The molecule has 0 unspecified atom stereocenters. The Morgan fingerprint density at radius 1 is 1.18 bits per heavy atom. The Morgan fingerprint density at radius 2 is 1.88 bits per heavy atom. The molecule has 4 heteroatoms. The zero-order chi connectivity index (χ0) is 12.7. The van der Waals surface area contributed by atoms with Gasteiger partial charge in [0, 0.05) is 5.39 Å². The van der Waals surface area contributed by atoms with Gasteiger partial charge in [0.25, 0.3) is 6.47 Å². The summed E-state index contributed by atoms with van der Waals surface area (Å²) >= 11 is 0. The standard InChI is InChI=1S/C10H8O2.C3H6O2/c11-9-6-5-7-3-1-2-4-8(7)10(9)12;1-2-5-3-4/h1-6,11-12H;3H,2H2,1H3. The second-order valence-corrected chi connectivity index (χ2v) is 3.21. The van der Waals surface area contributed by atoms with Crippen LogP contribution in [0, 0.1) is 0 Å². The van der Waals surface area contributed by atoms with Crippen molar-refractivity contribution in [1.29, 1.82) is 0 Å². The Hall–Kier alpha value is -2.23. The van der Waals surface area contributed by atoms with Gasteiger partial charge >= 0.3 is 0 Å². The molecule has 0 heterocycles. The number of aromatic hydroxyl groups is 2. The summed E-state index contributed by atoms with van der Waals surface area (Å²) in [4.78, 5) is 9.18. The molecule has 2 aromatic carbocycles. The average molecular weight is 234 g/mol. The van der Waals surface area contributed by atoms with E-state index in [1.807, 2.05) is 18.2 Å². The number of benzene rings is 2. The fraction of sp³-hybridized carbons (Fsp3) is 0.154. The van der Waals surface area contributed by atoms with Crippen LogP contribution in [0.1, 0.15) is 6.92 Å². The number of phenols is 2. The van der Waals surface area contributed by atoms with E-state index >= 15 is 0 Å². The lowest BCUT2D eigenvalue weighted by atomic mass is 10.1. The number of hydrogen-bond donors (Lipinski definition) is 2. The number of hydrogen-bond acceptors (Lipinski definition) is 4. The van der Waals surface area contributed by atoms with Crippen molar-refractivity contribution in [2.24, 2.45) is 0 Å². The fourth-order valence-electron chi connectivity index (χ4n) is 1.31. The van der Waals surface area contributed by atoms with E-state index in [1.54, 1.807) is 19.1 Å². The predicted molar refractivity (Wildman–Crippen MR) is 65.0 cm³/mol. The summed E-state index contributed by atoms with van der Waals surface area (Å²) in [6.45, 7) is 2.66. The molecule has 0 aliphatic rings. The SMILES string of the molecule is CCOC=O.Oc1ccc2ccccc2c1O. The molecule has 0 aromatic heterocycles. The molecule has 17 heavy (non-hydrogen) atoms. The molecule has 0 aliphatic carbocycles. The quantitative estimate of drug-likeness (QED) is 0.618. The number of phenolic OH excluding ortho intramolecular Hbond substituents is 2. The average Bonchev–Trinajstić information content (AvgIpc) is 2.36. The summed E-state index contributed by atoms with van der Waals surface area (Å²) in [7, 11) is 0. The summed E-state index contributed by atoms with van der Waals surface area (Å²) in [5.41, 5.74) is 0. The summed E-state index contributed by atoms with van der Waals surface area (Å²) in [5, 5.41) is 20.2. The van der Waals surface area contributed by atoms with Crippen LogP contribution in [0.2, 0.25) is 0 Å². The number of fused-ring (bicyclic) bond motifs is 1. The van der Waals surface area contributed by atoms with E-state index < -0.39 is 0 Å². The summed E-state index contributed by atoms with van der Waals surface area (Å²) < 4.78 is 4.15. The normalized spacial score (nSPS) is 9.24. The third kappa shape index (κ3) is 3.38. The van der Waals surface area contributed by atoms with E-state index in [9.17, 15) is 9.90 Å². The molecule has 90 valence electrons. The van der Waals surface area contributed by atoms with E-state index in [-0.39, 0.29) is 11.5 Å². The number of ether oxygens (including phenoxy) is 1. The molecular formula is C13H14O4. The first-order valence-corrected chi connectivity index (χ1v) is 5.15. The van der Waals surface area contributed by atoms with Gasteiger partial charge in [-0.15, -0.1) is 0 Å². The van der Waals surface area contributed by atoms with Crippen LogP contribution in [0.5, 0.6) is 11.5 Å². The Morgan fingerprint density at radius 3 is 2.47 bits per heavy atom. The zero-order valence-electron chi connectivity index (χ0n) is 9.46. The molecule has 0 spiro atoms. The van der Waals surface area contributed by atoms with Crippen molar-refractivity contribution in [3.8, 4) is 11.5 Å². The molecule has 0 saturated heterocycles. The minimum atomic E-state index is -0.0753. The van der Waals surface area contributed by atoms with Crippen LogP contribution in [-0.4, -0.2) is 23.3 Å². The first-order chi connectivity index (χ1) is 8.20. The van der Waals surface area contributed by atoms with Gasteiger partial charge in [-0.3, -0.25) is 4.79 Å². The maximum atomic E-state index is 9.41. The third-order valence-corrected chi connectivity index (χ3v) is 2.11. The molecular weight excluding hydrogens is 220 g/mol. The lowest BCUT2D eigenvalue weighted by Crippen LogP contribution is -1.80. The molecule has 0 amide bonds. The number of carbonyl (C=O) groups is 1. The minimum Gasteiger partial charge on any atom is -0.504 e. The van der Waals surface area contributed by atoms with Crippen molar-refractivity contribution < 1.29 is 19.7 Å². The molecule has 0 fully saturated rings. The van der Waals surface area contributed by atoms with Crippen molar-refractivity contribution in [2.45, 2.75) is 6.92 Å². The lowest BCUT2D eigenvalue weighted by molar-refractivity contribution is -0.128. The number of carbonyl (C=O) groups excluding carboxylic acids is 1.